The van der Waals surface area contributed by atoms with Gasteiger partial charge in [0.15, 0.2) is 0 Å². The lowest BCUT2D eigenvalue weighted by Crippen LogP contribution is -2.40. The number of hydrogen-bond acceptors (Lipinski definition) is 3. The Morgan fingerprint density at radius 1 is 1.47 bits per heavy atom. The van der Waals surface area contributed by atoms with E-state index in [1.807, 2.05) is 0 Å². The second-order valence-corrected chi connectivity index (χ2v) is 5.96. The van der Waals surface area contributed by atoms with Crippen molar-refractivity contribution in [2.45, 2.75) is 58.2 Å². The molecule has 17 heavy (non-hydrogen) atoms. The van der Waals surface area contributed by atoms with Gasteiger partial charge in [-0.3, -0.25) is 4.79 Å². The van der Waals surface area contributed by atoms with Crippen LogP contribution >= 0.6 is 0 Å². The highest BCUT2D eigenvalue weighted by Gasteiger charge is 2.55. The number of carbonyl (C=O) groups excluding carboxylic acids is 1. The molecule has 1 saturated carbocycles. The standard InChI is InChI=1S/C14H24O3/c1-10(2)5-7-16-11(3)13-8-12(15)4-6-14(13)9-17-14/h10-11,13H,4-9H2,1-3H3. The molecule has 0 radical (unpaired) electrons. The summed E-state index contributed by atoms with van der Waals surface area (Å²) in [5.41, 5.74) is -0.00877. The summed E-state index contributed by atoms with van der Waals surface area (Å²) >= 11 is 0. The molecule has 2 rings (SSSR count). The van der Waals surface area contributed by atoms with E-state index in [-0.39, 0.29) is 17.6 Å². The first kappa shape index (κ1) is 13.0. The quantitative estimate of drug-likeness (QED) is 0.693. The predicted octanol–water partition coefficient (Wildman–Crippen LogP) is 2.58. The van der Waals surface area contributed by atoms with Crippen molar-refractivity contribution in [3.63, 3.8) is 0 Å². The molecule has 0 aromatic rings. The van der Waals surface area contributed by atoms with Crippen LogP contribution in [0.4, 0.5) is 0 Å². The van der Waals surface area contributed by atoms with Gasteiger partial charge < -0.3 is 9.47 Å². The number of hydrogen-bond donors (Lipinski definition) is 0. The zero-order chi connectivity index (χ0) is 12.5. The van der Waals surface area contributed by atoms with Gasteiger partial charge in [-0.25, -0.2) is 0 Å². The monoisotopic (exact) mass is 240 g/mol. The maximum absolute atomic E-state index is 11.6. The molecule has 3 nitrogen and oxygen atoms in total. The van der Waals surface area contributed by atoms with Gasteiger partial charge in [-0.2, -0.15) is 0 Å². The Bertz CT molecular complexity index is 281. The number of epoxide rings is 1. The first-order chi connectivity index (χ1) is 8.03. The summed E-state index contributed by atoms with van der Waals surface area (Å²) in [4.78, 5) is 11.6. The maximum atomic E-state index is 11.6. The topological polar surface area (TPSA) is 38.8 Å². The summed E-state index contributed by atoms with van der Waals surface area (Å²) in [5.74, 6) is 1.31. The first-order valence-electron chi connectivity index (χ1n) is 6.81. The highest BCUT2D eigenvalue weighted by molar-refractivity contribution is 5.80. The van der Waals surface area contributed by atoms with Crippen LogP contribution in [0.3, 0.4) is 0 Å². The normalized spacial score (nSPS) is 34.4. The summed E-state index contributed by atoms with van der Waals surface area (Å²) in [6.45, 7) is 8.10. The van der Waals surface area contributed by atoms with Crippen LogP contribution in [0.2, 0.25) is 0 Å². The number of carbonyl (C=O) groups is 1. The summed E-state index contributed by atoms with van der Waals surface area (Å²) in [6.07, 6.45) is 3.45. The Hall–Kier alpha value is -0.410. The fourth-order valence-electron chi connectivity index (χ4n) is 2.72. The molecule has 1 spiro atoms. The van der Waals surface area contributed by atoms with Gasteiger partial charge in [0.2, 0.25) is 0 Å². The molecule has 1 saturated heterocycles. The SMILES string of the molecule is CC(C)CCOC(C)C1CC(=O)CCC12CO2. The van der Waals surface area contributed by atoms with Gasteiger partial charge in [-0.1, -0.05) is 13.8 Å². The molecule has 0 N–H and O–H groups in total. The molecule has 1 aliphatic heterocycles. The number of rotatable bonds is 5. The molecule has 3 unspecified atom stereocenters. The van der Waals surface area contributed by atoms with E-state index < -0.39 is 0 Å². The third-order valence-corrected chi connectivity index (χ3v) is 4.11. The second-order valence-electron chi connectivity index (χ2n) is 5.96. The van der Waals surface area contributed by atoms with Crippen LogP contribution in [0.15, 0.2) is 0 Å². The average Bonchev–Trinajstić information content (AvgIpc) is 3.02. The molecule has 2 fully saturated rings. The van der Waals surface area contributed by atoms with Crippen LogP contribution < -0.4 is 0 Å². The fourth-order valence-corrected chi connectivity index (χ4v) is 2.72. The van der Waals surface area contributed by atoms with Gasteiger partial charge >= 0.3 is 0 Å². The van der Waals surface area contributed by atoms with Gasteiger partial charge in [0.05, 0.1) is 18.3 Å². The van der Waals surface area contributed by atoms with Crippen molar-refractivity contribution in [2.24, 2.45) is 11.8 Å². The Morgan fingerprint density at radius 3 is 2.76 bits per heavy atom. The minimum atomic E-state index is -0.00877. The van der Waals surface area contributed by atoms with E-state index in [1.54, 1.807) is 0 Å². The number of Topliss-reactive ketones (excluding diaryl/α,β-unsaturated/α-hetero) is 1. The molecule has 2 aliphatic rings. The maximum Gasteiger partial charge on any atom is 0.133 e. The lowest BCUT2D eigenvalue weighted by atomic mass is 9.76. The molecule has 0 aromatic heterocycles. The smallest absolute Gasteiger partial charge is 0.133 e. The molecule has 1 aliphatic carbocycles. The largest absolute Gasteiger partial charge is 0.378 e. The third kappa shape index (κ3) is 3.08. The van der Waals surface area contributed by atoms with Gasteiger partial charge in [0, 0.05) is 25.4 Å². The molecule has 1 heterocycles. The van der Waals surface area contributed by atoms with Crippen LogP contribution in [0.1, 0.15) is 46.5 Å². The Morgan fingerprint density at radius 2 is 2.18 bits per heavy atom. The van der Waals surface area contributed by atoms with Crippen LogP contribution in [0.5, 0.6) is 0 Å². The summed E-state index contributed by atoms with van der Waals surface area (Å²) in [6, 6.07) is 0. The van der Waals surface area contributed by atoms with Crippen molar-refractivity contribution in [3.05, 3.63) is 0 Å². The van der Waals surface area contributed by atoms with E-state index >= 15 is 0 Å². The zero-order valence-electron chi connectivity index (χ0n) is 11.2. The lowest BCUT2D eigenvalue weighted by molar-refractivity contribution is -0.126. The molecule has 0 bridgehead atoms. The van der Waals surface area contributed by atoms with Crippen molar-refractivity contribution < 1.29 is 14.3 Å². The van der Waals surface area contributed by atoms with Gasteiger partial charge in [0.1, 0.15) is 5.78 Å². The molecular formula is C14H24O3. The van der Waals surface area contributed by atoms with E-state index in [9.17, 15) is 4.79 Å². The molecular weight excluding hydrogens is 216 g/mol. The van der Waals surface area contributed by atoms with Gasteiger partial charge in [-0.15, -0.1) is 0 Å². The molecule has 3 atom stereocenters. The van der Waals surface area contributed by atoms with E-state index in [2.05, 4.69) is 20.8 Å². The molecule has 0 aromatic carbocycles. The Labute approximate surface area is 104 Å². The minimum absolute atomic E-state index is 0.00877. The Balaban J connectivity index is 1.84. The van der Waals surface area contributed by atoms with Gasteiger partial charge in [-0.05, 0) is 25.7 Å². The molecule has 0 amide bonds. The van der Waals surface area contributed by atoms with Crippen LogP contribution in [-0.4, -0.2) is 30.7 Å². The number of ether oxygens (including phenoxy) is 2. The number of ketones is 1. The first-order valence-corrected chi connectivity index (χ1v) is 6.81. The van der Waals surface area contributed by atoms with E-state index in [0.717, 1.165) is 26.1 Å². The highest BCUT2D eigenvalue weighted by Crippen LogP contribution is 2.47. The summed E-state index contributed by atoms with van der Waals surface area (Å²) in [5, 5.41) is 0. The predicted molar refractivity (Wildman–Crippen MR) is 65.9 cm³/mol. The zero-order valence-corrected chi connectivity index (χ0v) is 11.2. The summed E-state index contributed by atoms with van der Waals surface area (Å²) in [7, 11) is 0. The van der Waals surface area contributed by atoms with Crippen molar-refractivity contribution >= 4 is 5.78 Å². The summed E-state index contributed by atoms with van der Waals surface area (Å²) < 4.78 is 11.5. The van der Waals surface area contributed by atoms with Crippen LogP contribution in [0, 0.1) is 11.8 Å². The van der Waals surface area contributed by atoms with Crippen LogP contribution in [0.25, 0.3) is 0 Å². The van der Waals surface area contributed by atoms with Crippen molar-refractivity contribution in [2.75, 3.05) is 13.2 Å². The van der Waals surface area contributed by atoms with Gasteiger partial charge in [0.25, 0.3) is 0 Å². The highest BCUT2D eigenvalue weighted by atomic mass is 16.6. The van der Waals surface area contributed by atoms with Crippen LogP contribution in [-0.2, 0) is 14.3 Å². The minimum Gasteiger partial charge on any atom is -0.378 e. The average molecular weight is 240 g/mol. The Kier molecular flexibility index (Phi) is 3.88. The third-order valence-electron chi connectivity index (χ3n) is 4.11. The lowest BCUT2D eigenvalue weighted by Gasteiger charge is -2.32. The van der Waals surface area contributed by atoms with E-state index in [1.165, 1.54) is 0 Å². The second kappa shape index (κ2) is 5.07. The fraction of sp³-hybridized carbons (Fsp3) is 0.929. The van der Waals surface area contributed by atoms with Crippen molar-refractivity contribution in [1.29, 1.82) is 0 Å². The van der Waals surface area contributed by atoms with Crippen molar-refractivity contribution in [3.8, 4) is 0 Å². The van der Waals surface area contributed by atoms with E-state index in [4.69, 9.17) is 9.47 Å². The molecule has 3 heteroatoms. The van der Waals surface area contributed by atoms with E-state index in [0.29, 0.717) is 24.5 Å². The molecule has 98 valence electrons. The van der Waals surface area contributed by atoms with Crippen molar-refractivity contribution in [1.82, 2.24) is 0 Å².